The molecular weight excluding hydrogens is 330 g/mol. The predicted octanol–water partition coefficient (Wildman–Crippen LogP) is 2.98. The van der Waals surface area contributed by atoms with Crippen LogP contribution in [0.4, 0.5) is 0 Å². The van der Waals surface area contributed by atoms with Gasteiger partial charge < -0.3 is 15.2 Å². The molecule has 0 spiro atoms. The Labute approximate surface area is 129 Å². The van der Waals surface area contributed by atoms with E-state index in [2.05, 4.69) is 54.3 Å². The molecule has 2 N–H and O–H groups in total. The lowest BCUT2D eigenvalue weighted by atomic mass is 10.3. The third-order valence-electron chi connectivity index (χ3n) is 2.73. The zero-order chi connectivity index (χ0) is 13.7. The van der Waals surface area contributed by atoms with E-state index in [4.69, 9.17) is 0 Å². The highest BCUT2D eigenvalue weighted by Crippen LogP contribution is 2.19. The van der Waals surface area contributed by atoms with E-state index >= 15 is 0 Å². The summed E-state index contributed by atoms with van der Waals surface area (Å²) in [5, 5.41) is 6.21. The fraction of sp³-hybridized carbons (Fsp3) is 0.615. The van der Waals surface area contributed by atoms with Crippen LogP contribution >= 0.6 is 28.3 Å². The monoisotopic (exact) mass is 351 g/mol. The number of amides is 1. The number of halogens is 2. The lowest BCUT2D eigenvalue weighted by Gasteiger charge is -2.15. The molecule has 1 aromatic rings. The van der Waals surface area contributed by atoms with E-state index in [1.165, 1.54) is 0 Å². The average molecular weight is 353 g/mol. The Hall–Kier alpha value is -0.520. The average Bonchev–Trinajstić information content (AvgIpc) is 2.69. The van der Waals surface area contributed by atoms with Crippen molar-refractivity contribution in [3.8, 4) is 0 Å². The van der Waals surface area contributed by atoms with Gasteiger partial charge in [-0.15, -0.1) is 12.4 Å². The number of aromatic nitrogens is 1. The molecule has 0 radical (unpaired) electrons. The topological polar surface area (TPSA) is 46.1 Å². The minimum absolute atomic E-state index is 0. The number of hydrogen-bond donors (Lipinski definition) is 2. The van der Waals surface area contributed by atoms with Crippen LogP contribution < -0.4 is 10.6 Å². The number of nitrogens with zero attached hydrogens (tertiary/aromatic N) is 1. The molecule has 0 fully saturated rings. The predicted molar refractivity (Wildman–Crippen MR) is 85.2 cm³/mol. The van der Waals surface area contributed by atoms with Crippen LogP contribution in [0.15, 0.2) is 16.7 Å². The van der Waals surface area contributed by atoms with Crippen molar-refractivity contribution in [3.05, 3.63) is 22.4 Å². The summed E-state index contributed by atoms with van der Waals surface area (Å²) in [5.74, 6) is -0.0286. The summed E-state index contributed by atoms with van der Waals surface area (Å²) in [6, 6.07) is 2.40. The van der Waals surface area contributed by atoms with Gasteiger partial charge in [-0.05, 0) is 49.3 Å². The normalized spacial score (nSPS) is 12.1. The van der Waals surface area contributed by atoms with Gasteiger partial charge >= 0.3 is 0 Å². The summed E-state index contributed by atoms with van der Waals surface area (Å²) < 4.78 is 2.90. The van der Waals surface area contributed by atoms with Gasteiger partial charge in [-0.1, -0.05) is 6.92 Å². The van der Waals surface area contributed by atoms with E-state index in [1.54, 1.807) is 0 Å². The van der Waals surface area contributed by atoms with Crippen LogP contribution in [-0.4, -0.2) is 29.6 Å². The first-order chi connectivity index (χ1) is 8.45. The molecule has 0 unspecified atom stereocenters. The number of nitrogens with one attached hydrogen (secondary N) is 2. The SMILES string of the molecule is CCN[C@H](C)CNC(=O)c1cc(Br)cn1C(C)C.Cl. The van der Waals surface area contributed by atoms with Crippen molar-refractivity contribution in [3.63, 3.8) is 0 Å². The molecule has 0 aromatic carbocycles. The lowest BCUT2D eigenvalue weighted by molar-refractivity contribution is 0.0939. The maximum absolute atomic E-state index is 12.1. The molecule has 0 aliphatic carbocycles. The minimum Gasteiger partial charge on any atom is -0.349 e. The Kier molecular flexibility index (Phi) is 8.38. The summed E-state index contributed by atoms with van der Waals surface area (Å²) in [6.45, 7) is 9.77. The molecule has 1 amide bonds. The molecule has 0 bridgehead atoms. The largest absolute Gasteiger partial charge is 0.349 e. The molecule has 0 saturated carbocycles. The van der Waals surface area contributed by atoms with Crippen molar-refractivity contribution in [2.75, 3.05) is 13.1 Å². The highest BCUT2D eigenvalue weighted by Gasteiger charge is 2.15. The Morgan fingerprint density at radius 1 is 1.42 bits per heavy atom. The van der Waals surface area contributed by atoms with Gasteiger partial charge in [0.1, 0.15) is 5.69 Å². The van der Waals surface area contributed by atoms with Gasteiger partial charge in [0.25, 0.3) is 5.91 Å². The van der Waals surface area contributed by atoms with Crippen molar-refractivity contribution >= 4 is 34.2 Å². The molecule has 4 nitrogen and oxygen atoms in total. The van der Waals surface area contributed by atoms with E-state index < -0.39 is 0 Å². The van der Waals surface area contributed by atoms with Crippen molar-refractivity contribution in [2.45, 2.75) is 39.8 Å². The number of rotatable bonds is 6. The molecular formula is C13H23BrClN3O. The lowest BCUT2D eigenvalue weighted by Crippen LogP contribution is -2.39. The van der Waals surface area contributed by atoms with Crippen molar-refractivity contribution in [1.82, 2.24) is 15.2 Å². The summed E-state index contributed by atoms with van der Waals surface area (Å²) in [4.78, 5) is 12.1. The second kappa shape index (κ2) is 8.61. The Morgan fingerprint density at radius 2 is 2.05 bits per heavy atom. The maximum atomic E-state index is 12.1. The third-order valence-corrected chi connectivity index (χ3v) is 3.16. The molecule has 1 rings (SSSR count). The van der Waals surface area contributed by atoms with E-state index in [0.717, 1.165) is 11.0 Å². The molecule has 1 aromatic heterocycles. The van der Waals surface area contributed by atoms with Crippen LogP contribution in [0.3, 0.4) is 0 Å². The molecule has 6 heteroatoms. The minimum atomic E-state index is -0.0286. The van der Waals surface area contributed by atoms with E-state index in [0.29, 0.717) is 12.2 Å². The highest BCUT2D eigenvalue weighted by atomic mass is 79.9. The summed E-state index contributed by atoms with van der Waals surface area (Å²) >= 11 is 3.41. The van der Waals surface area contributed by atoms with Gasteiger partial charge in [-0.2, -0.15) is 0 Å². The van der Waals surface area contributed by atoms with Gasteiger partial charge in [0, 0.05) is 29.3 Å². The van der Waals surface area contributed by atoms with Crippen molar-refractivity contribution in [2.24, 2.45) is 0 Å². The van der Waals surface area contributed by atoms with Crippen LogP contribution in [0.2, 0.25) is 0 Å². The van der Waals surface area contributed by atoms with E-state index in [-0.39, 0.29) is 30.4 Å². The first kappa shape index (κ1) is 18.5. The molecule has 0 aliphatic rings. The smallest absolute Gasteiger partial charge is 0.268 e. The van der Waals surface area contributed by atoms with Gasteiger partial charge in [-0.3, -0.25) is 4.79 Å². The van der Waals surface area contributed by atoms with Crippen molar-refractivity contribution < 1.29 is 4.79 Å². The highest BCUT2D eigenvalue weighted by molar-refractivity contribution is 9.10. The molecule has 110 valence electrons. The molecule has 1 heterocycles. The first-order valence-electron chi connectivity index (χ1n) is 6.34. The molecule has 0 saturated heterocycles. The molecule has 1 atom stereocenters. The Balaban J connectivity index is 0.00000324. The van der Waals surface area contributed by atoms with Gasteiger partial charge in [0.05, 0.1) is 0 Å². The zero-order valence-corrected chi connectivity index (χ0v) is 14.3. The fourth-order valence-electron chi connectivity index (χ4n) is 1.81. The maximum Gasteiger partial charge on any atom is 0.268 e. The third kappa shape index (κ3) is 5.55. The van der Waals surface area contributed by atoms with Crippen LogP contribution in [0.25, 0.3) is 0 Å². The van der Waals surface area contributed by atoms with Gasteiger partial charge in [-0.25, -0.2) is 0 Å². The number of carbonyl (C=O) groups excluding carboxylic acids is 1. The van der Waals surface area contributed by atoms with Crippen LogP contribution in [0.5, 0.6) is 0 Å². The van der Waals surface area contributed by atoms with Gasteiger partial charge in [0.15, 0.2) is 0 Å². The Bertz CT molecular complexity index is 407. The zero-order valence-electron chi connectivity index (χ0n) is 11.9. The fourth-order valence-corrected chi connectivity index (χ4v) is 2.25. The number of carbonyl (C=O) groups is 1. The Morgan fingerprint density at radius 3 is 2.58 bits per heavy atom. The molecule has 0 aliphatic heterocycles. The first-order valence-corrected chi connectivity index (χ1v) is 7.14. The van der Waals surface area contributed by atoms with Gasteiger partial charge in [0.2, 0.25) is 0 Å². The summed E-state index contributed by atoms with van der Waals surface area (Å²) in [6.07, 6.45) is 1.94. The van der Waals surface area contributed by atoms with E-state index in [1.807, 2.05) is 16.8 Å². The number of hydrogen-bond acceptors (Lipinski definition) is 2. The molecule has 19 heavy (non-hydrogen) atoms. The standard InChI is InChI=1S/C13H22BrN3O.ClH/c1-5-15-10(4)7-16-13(18)12-6-11(14)8-17(12)9(2)3;/h6,8-10,15H,5,7H2,1-4H3,(H,16,18);1H/t10-;/m1./s1. The van der Waals surface area contributed by atoms with Crippen LogP contribution in [0, 0.1) is 0 Å². The quantitative estimate of drug-likeness (QED) is 0.827. The van der Waals surface area contributed by atoms with Crippen LogP contribution in [-0.2, 0) is 0 Å². The van der Waals surface area contributed by atoms with Crippen molar-refractivity contribution in [1.29, 1.82) is 0 Å². The summed E-state index contributed by atoms with van der Waals surface area (Å²) in [5.41, 5.74) is 0.695. The van der Waals surface area contributed by atoms with E-state index in [9.17, 15) is 4.79 Å². The number of likely N-dealkylation sites (N-methyl/N-ethyl adjacent to an activating group) is 1. The second-order valence-electron chi connectivity index (χ2n) is 4.71. The summed E-state index contributed by atoms with van der Waals surface area (Å²) in [7, 11) is 0. The second-order valence-corrected chi connectivity index (χ2v) is 5.63. The van der Waals surface area contributed by atoms with Crippen LogP contribution in [0.1, 0.15) is 44.2 Å².